The van der Waals surface area contributed by atoms with Crippen molar-refractivity contribution in [2.75, 3.05) is 5.09 Å². The average molecular weight is 512 g/mol. The molecule has 0 radical (unpaired) electrons. The second-order valence-corrected chi connectivity index (χ2v) is 10.8. The largest absolute Gasteiger partial charge is 0.404 e. The van der Waals surface area contributed by atoms with Gasteiger partial charge in [-0.25, -0.2) is 0 Å². The van der Waals surface area contributed by atoms with Crippen molar-refractivity contribution in [3.8, 4) is 11.1 Å². The smallest absolute Gasteiger partial charge is 0.338 e. The molecule has 1 aromatic heterocycles. The van der Waals surface area contributed by atoms with Crippen LogP contribution in [0.4, 0.5) is 5.69 Å². The quantitative estimate of drug-likeness (QED) is 0.256. The van der Waals surface area contributed by atoms with E-state index in [1.54, 1.807) is 0 Å². The molecule has 4 heteroatoms. The Kier molecular flexibility index (Phi) is 5.46. The topological polar surface area (TPSA) is 38.3 Å². The second kappa shape index (κ2) is 9.13. The predicted molar refractivity (Wildman–Crippen MR) is 162 cm³/mol. The van der Waals surface area contributed by atoms with Gasteiger partial charge in [0, 0.05) is 16.3 Å². The van der Waals surface area contributed by atoms with E-state index < -0.39 is 8.16 Å². The molecule has 7 rings (SSSR count). The van der Waals surface area contributed by atoms with Gasteiger partial charge in [-0.3, -0.25) is 5.09 Å². The zero-order chi connectivity index (χ0) is 25.6. The van der Waals surface area contributed by atoms with Crippen molar-refractivity contribution in [3.63, 3.8) is 0 Å². The lowest BCUT2D eigenvalue weighted by Crippen LogP contribution is -1.89. The van der Waals surface area contributed by atoms with Crippen LogP contribution in [0.3, 0.4) is 0 Å². The predicted octanol–water partition coefficient (Wildman–Crippen LogP) is 10.8. The number of para-hydroxylation sites is 1. The van der Waals surface area contributed by atoms with Crippen LogP contribution in [0.5, 0.6) is 0 Å². The van der Waals surface area contributed by atoms with Crippen LogP contribution in [-0.2, 0) is 0 Å². The van der Waals surface area contributed by atoms with E-state index in [1.807, 2.05) is 12.1 Å². The lowest BCUT2D eigenvalue weighted by atomic mass is 9.95. The fourth-order valence-electron chi connectivity index (χ4n) is 5.45. The number of anilines is 1. The van der Waals surface area contributed by atoms with Crippen molar-refractivity contribution < 1.29 is 8.39 Å². The van der Waals surface area contributed by atoms with Crippen LogP contribution in [0.2, 0.25) is 0 Å². The molecule has 0 aliphatic heterocycles. The number of aryl methyl sites for hydroxylation is 2. The number of hydrogen-bond donors (Lipinski definition) is 1. The first-order valence-corrected chi connectivity index (χ1v) is 14.0. The Hall–Kier alpha value is -4.46. The summed E-state index contributed by atoms with van der Waals surface area (Å²) < 4.78 is 13.6. The van der Waals surface area contributed by atoms with Gasteiger partial charge in [0.25, 0.3) is 0 Å². The zero-order valence-corrected chi connectivity index (χ0v) is 22.1. The maximum Gasteiger partial charge on any atom is 0.338 e. The Balaban J connectivity index is 1.61. The van der Waals surface area contributed by atoms with Crippen LogP contribution in [-0.4, -0.2) is 0 Å². The van der Waals surface area contributed by atoms with E-state index in [4.69, 9.17) is 8.39 Å². The molecule has 0 saturated carbocycles. The lowest BCUT2D eigenvalue weighted by Gasteiger charge is -2.10. The number of benzene rings is 6. The summed E-state index contributed by atoms with van der Waals surface area (Å²) in [7, 11) is -1.55. The Morgan fingerprint density at radius 3 is 1.66 bits per heavy atom. The molecule has 7 aromatic rings. The van der Waals surface area contributed by atoms with E-state index in [-0.39, 0.29) is 0 Å². The fraction of sp³-hybridized carbons (Fsp3) is 0.0588. The number of fused-ring (bicyclic) bond motifs is 7. The van der Waals surface area contributed by atoms with Gasteiger partial charge < -0.3 is 8.39 Å². The van der Waals surface area contributed by atoms with Crippen LogP contribution in [0.15, 0.2) is 124 Å². The summed E-state index contributed by atoms with van der Waals surface area (Å²) in [5, 5.41) is 10.5. The summed E-state index contributed by atoms with van der Waals surface area (Å²) in [6.07, 6.45) is 0. The van der Waals surface area contributed by atoms with Gasteiger partial charge in [-0.15, -0.1) is 0 Å². The van der Waals surface area contributed by atoms with Crippen LogP contribution in [0.1, 0.15) is 11.1 Å². The minimum Gasteiger partial charge on any atom is -0.404 e. The Labute approximate surface area is 221 Å². The maximum absolute atomic E-state index is 6.81. The third kappa shape index (κ3) is 3.75. The summed E-state index contributed by atoms with van der Waals surface area (Å²) in [4.78, 5) is 0. The van der Waals surface area contributed by atoms with Gasteiger partial charge in [-0.2, -0.15) is 0 Å². The summed E-state index contributed by atoms with van der Waals surface area (Å²) in [5.41, 5.74) is 7.15. The summed E-state index contributed by atoms with van der Waals surface area (Å²) in [6, 6.07) is 40.2. The van der Waals surface area contributed by atoms with Gasteiger partial charge in [-0.1, -0.05) is 97.1 Å². The molecule has 0 fully saturated rings. The van der Waals surface area contributed by atoms with Crippen molar-refractivity contribution in [1.82, 2.24) is 0 Å². The fourth-order valence-corrected chi connectivity index (χ4v) is 6.77. The summed E-state index contributed by atoms with van der Waals surface area (Å²) >= 11 is 0. The van der Waals surface area contributed by atoms with Crippen LogP contribution >= 0.6 is 8.16 Å². The van der Waals surface area contributed by atoms with E-state index in [0.717, 1.165) is 60.7 Å². The second-order valence-electron chi connectivity index (χ2n) is 9.70. The Morgan fingerprint density at radius 2 is 1.05 bits per heavy atom. The molecule has 184 valence electrons. The average Bonchev–Trinajstić information content (AvgIpc) is 3.12. The normalized spacial score (nSPS) is 11.4. The molecular weight excluding hydrogens is 485 g/mol. The van der Waals surface area contributed by atoms with E-state index in [1.165, 1.54) is 10.8 Å². The van der Waals surface area contributed by atoms with Crippen LogP contribution in [0.25, 0.3) is 54.6 Å². The molecular formula is C34H26NO2P. The van der Waals surface area contributed by atoms with E-state index >= 15 is 0 Å². The van der Waals surface area contributed by atoms with E-state index in [2.05, 4.69) is 122 Å². The molecule has 0 aliphatic carbocycles. The molecule has 0 spiro atoms. The van der Waals surface area contributed by atoms with Crippen molar-refractivity contribution in [3.05, 3.63) is 126 Å². The molecule has 0 atom stereocenters. The molecule has 1 N–H and O–H groups in total. The van der Waals surface area contributed by atoms with Crippen LogP contribution in [0, 0.1) is 13.8 Å². The maximum atomic E-state index is 6.81. The highest BCUT2D eigenvalue weighted by atomic mass is 31.1. The van der Waals surface area contributed by atoms with Crippen molar-refractivity contribution >= 4 is 57.3 Å². The van der Waals surface area contributed by atoms with Crippen molar-refractivity contribution in [2.45, 2.75) is 13.8 Å². The highest BCUT2D eigenvalue weighted by Gasteiger charge is 2.17. The van der Waals surface area contributed by atoms with Gasteiger partial charge in [-0.05, 0) is 70.3 Å². The molecule has 3 nitrogen and oxygen atoms in total. The molecule has 0 bridgehead atoms. The minimum atomic E-state index is -1.55. The molecule has 0 aliphatic rings. The monoisotopic (exact) mass is 511 g/mol. The van der Waals surface area contributed by atoms with Crippen molar-refractivity contribution in [2.24, 2.45) is 0 Å². The molecule has 38 heavy (non-hydrogen) atoms. The Bertz CT molecular complexity index is 1920. The summed E-state index contributed by atoms with van der Waals surface area (Å²) in [5.74, 6) is 0. The number of rotatable bonds is 3. The highest BCUT2D eigenvalue weighted by Crippen LogP contribution is 2.44. The SMILES string of the molecule is Cc1cc2ccccc2c2c1op(Nc1ccccc1-c1ccccc1)oc1c(C)cc3ccccc3c12. The Morgan fingerprint density at radius 1 is 0.553 bits per heavy atom. The van der Waals surface area contributed by atoms with Gasteiger partial charge in [0.1, 0.15) is 11.2 Å². The molecule has 6 aromatic carbocycles. The molecule has 0 saturated heterocycles. The standard InChI is InChI=1S/C34H26NO2P/c1-22-20-25-14-6-8-17-28(25)31-32-29-18-9-7-15-26(29)21-23(2)34(32)37-38(36-33(22)31)35-30-19-11-10-16-27(30)24-12-4-3-5-13-24/h3-21,35H,1-2H3. The van der Waals surface area contributed by atoms with Crippen LogP contribution < -0.4 is 5.09 Å². The minimum absolute atomic E-state index is 0.869. The van der Waals surface area contributed by atoms with Gasteiger partial charge in [0.15, 0.2) is 0 Å². The molecule has 0 amide bonds. The van der Waals surface area contributed by atoms with Gasteiger partial charge in [0.05, 0.1) is 5.69 Å². The van der Waals surface area contributed by atoms with Gasteiger partial charge in [0.2, 0.25) is 0 Å². The molecule has 1 heterocycles. The first-order valence-electron chi connectivity index (χ1n) is 12.8. The first-order chi connectivity index (χ1) is 18.7. The lowest BCUT2D eigenvalue weighted by molar-refractivity contribution is 0.643. The highest BCUT2D eigenvalue weighted by molar-refractivity contribution is 7.39. The van der Waals surface area contributed by atoms with Gasteiger partial charge >= 0.3 is 8.16 Å². The zero-order valence-electron chi connectivity index (χ0n) is 21.2. The molecule has 0 unspecified atom stereocenters. The first kappa shape index (κ1) is 22.7. The number of nitrogens with one attached hydrogen (secondary N) is 1. The van der Waals surface area contributed by atoms with E-state index in [9.17, 15) is 0 Å². The number of hydrogen-bond acceptors (Lipinski definition) is 3. The van der Waals surface area contributed by atoms with E-state index in [0.29, 0.717) is 0 Å². The summed E-state index contributed by atoms with van der Waals surface area (Å²) in [6.45, 7) is 4.25. The third-order valence-electron chi connectivity index (χ3n) is 7.20. The van der Waals surface area contributed by atoms with Crippen molar-refractivity contribution in [1.29, 1.82) is 0 Å². The third-order valence-corrected chi connectivity index (χ3v) is 8.32.